The van der Waals surface area contributed by atoms with Gasteiger partial charge in [-0.3, -0.25) is 4.31 Å². The first-order valence-electron chi connectivity index (χ1n) is 8.69. The van der Waals surface area contributed by atoms with Crippen molar-refractivity contribution in [1.29, 1.82) is 0 Å². The van der Waals surface area contributed by atoms with Gasteiger partial charge in [0.25, 0.3) is 10.0 Å². The van der Waals surface area contributed by atoms with E-state index in [4.69, 9.17) is 23.2 Å². The second-order valence-electron chi connectivity index (χ2n) is 6.57. The second kappa shape index (κ2) is 8.18. The smallest absolute Gasteiger partial charge is 0.265 e. The van der Waals surface area contributed by atoms with Crippen LogP contribution in [0, 0.1) is 13.8 Å². The van der Waals surface area contributed by atoms with Crippen molar-refractivity contribution in [2.24, 2.45) is 0 Å². The van der Waals surface area contributed by atoms with Crippen molar-refractivity contribution in [3.63, 3.8) is 0 Å². The number of anilines is 3. The van der Waals surface area contributed by atoms with Gasteiger partial charge in [-0.25, -0.2) is 18.4 Å². The number of benzene rings is 2. The van der Waals surface area contributed by atoms with Crippen molar-refractivity contribution in [2.75, 3.05) is 23.3 Å². The Labute approximate surface area is 180 Å². The summed E-state index contributed by atoms with van der Waals surface area (Å²) < 4.78 is 27.1. The zero-order chi connectivity index (χ0) is 21.3. The quantitative estimate of drug-likeness (QED) is 0.547. The molecule has 3 aromatic rings. The van der Waals surface area contributed by atoms with Crippen LogP contribution in [0.5, 0.6) is 0 Å². The molecular weight excluding hydrogens is 431 g/mol. The molecular formula is C20H20Cl2N4O2S. The molecule has 0 aliphatic rings. The lowest BCUT2D eigenvalue weighted by Crippen LogP contribution is -2.26. The van der Waals surface area contributed by atoms with Crippen LogP contribution in [-0.4, -0.2) is 32.5 Å². The summed E-state index contributed by atoms with van der Waals surface area (Å²) >= 11 is 12.0. The molecule has 29 heavy (non-hydrogen) atoms. The predicted molar refractivity (Wildman–Crippen MR) is 118 cm³/mol. The molecule has 0 N–H and O–H groups in total. The average Bonchev–Trinajstić information content (AvgIpc) is 2.66. The molecule has 0 amide bonds. The molecule has 0 radical (unpaired) electrons. The molecule has 1 heterocycles. The van der Waals surface area contributed by atoms with Gasteiger partial charge in [-0.1, -0.05) is 23.2 Å². The molecule has 0 atom stereocenters. The summed E-state index contributed by atoms with van der Waals surface area (Å²) in [4.78, 5) is 10.7. The number of aromatic nitrogens is 2. The lowest BCUT2D eigenvalue weighted by molar-refractivity contribution is 0.594. The number of aryl methyl sites for hydroxylation is 2. The summed E-state index contributed by atoms with van der Waals surface area (Å²) in [7, 11) is -0.495. The highest BCUT2D eigenvalue weighted by molar-refractivity contribution is 7.93. The van der Waals surface area contributed by atoms with Crippen molar-refractivity contribution in [1.82, 2.24) is 9.97 Å². The highest BCUT2D eigenvalue weighted by atomic mass is 35.5. The van der Waals surface area contributed by atoms with Crippen LogP contribution in [0.25, 0.3) is 0 Å². The van der Waals surface area contributed by atoms with Gasteiger partial charge in [-0.05, 0) is 62.4 Å². The first-order chi connectivity index (χ1) is 13.6. The standard InChI is InChI=1S/C20H20Cl2N4O2S/c1-13-11-14(2)24-20(23-13)25(3)16-6-8-17(9-7-16)26(4)29(27,28)19-10-5-15(21)12-18(19)22/h5-12H,1-4H3. The predicted octanol–water partition coefficient (Wildman–Crippen LogP) is 4.99. The minimum Gasteiger partial charge on any atom is -0.314 e. The van der Waals surface area contributed by atoms with Crippen LogP contribution in [0.15, 0.2) is 53.4 Å². The van der Waals surface area contributed by atoms with Crippen LogP contribution in [0.2, 0.25) is 10.0 Å². The second-order valence-corrected chi connectivity index (χ2v) is 9.35. The van der Waals surface area contributed by atoms with E-state index in [1.54, 1.807) is 12.1 Å². The Morgan fingerprint density at radius 3 is 1.93 bits per heavy atom. The molecule has 0 bridgehead atoms. The van der Waals surface area contributed by atoms with Gasteiger partial charge in [-0.2, -0.15) is 0 Å². The summed E-state index contributed by atoms with van der Waals surface area (Å²) in [6.45, 7) is 3.83. The van der Waals surface area contributed by atoms with Gasteiger partial charge in [0.15, 0.2) is 0 Å². The first-order valence-corrected chi connectivity index (χ1v) is 10.9. The zero-order valence-corrected chi connectivity index (χ0v) is 18.7. The van der Waals surface area contributed by atoms with Gasteiger partial charge >= 0.3 is 0 Å². The first kappa shape index (κ1) is 21.4. The normalized spacial score (nSPS) is 11.4. The number of hydrogen-bond donors (Lipinski definition) is 0. The van der Waals surface area contributed by atoms with E-state index in [9.17, 15) is 8.42 Å². The Balaban J connectivity index is 1.89. The largest absolute Gasteiger partial charge is 0.314 e. The van der Waals surface area contributed by atoms with Crippen LogP contribution in [0.4, 0.5) is 17.3 Å². The van der Waals surface area contributed by atoms with Crippen molar-refractivity contribution in [3.8, 4) is 0 Å². The number of rotatable bonds is 5. The van der Waals surface area contributed by atoms with E-state index in [0.717, 1.165) is 17.1 Å². The van der Waals surface area contributed by atoms with Gasteiger partial charge in [0, 0.05) is 36.2 Å². The van der Waals surface area contributed by atoms with Gasteiger partial charge in [-0.15, -0.1) is 0 Å². The van der Waals surface area contributed by atoms with Gasteiger partial charge in [0.05, 0.1) is 10.7 Å². The fraction of sp³-hybridized carbons (Fsp3) is 0.200. The van der Waals surface area contributed by atoms with Crippen LogP contribution < -0.4 is 9.21 Å². The van der Waals surface area contributed by atoms with Crippen LogP contribution in [0.1, 0.15) is 11.4 Å². The molecule has 0 aliphatic heterocycles. The van der Waals surface area contributed by atoms with Crippen molar-refractivity contribution < 1.29 is 8.42 Å². The summed E-state index contributed by atoms with van der Waals surface area (Å²) in [5.41, 5.74) is 3.08. The molecule has 3 rings (SSSR count). The molecule has 0 fully saturated rings. The van der Waals surface area contributed by atoms with Gasteiger partial charge in [0.2, 0.25) is 5.95 Å². The summed E-state index contributed by atoms with van der Waals surface area (Å²) in [6, 6.07) is 13.3. The van der Waals surface area contributed by atoms with Gasteiger partial charge < -0.3 is 4.90 Å². The molecule has 2 aromatic carbocycles. The molecule has 0 spiro atoms. The maximum Gasteiger partial charge on any atom is 0.265 e. The molecule has 0 unspecified atom stereocenters. The topological polar surface area (TPSA) is 66.4 Å². The molecule has 9 heteroatoms. The van der Waals surface area contributed by atoms with Crippen LogP contribution in [-0.2, 0) is 10.0 Å². The highest BCUT2D eigenvalue weighted by Crippen LogP contribution is 2.31. The molecule has 1 aromatic heterocycles. The SMILES string of the molecule is Cc1cc(C)nc(N(C)c2ccc(N(C)S(=O)(=O)c3ccc(Cl)cc3Cl)cc2)n1. The highest BCUT2D eigenvalue weighted by Gasteiger charge is 2.24. The van der Waals surface area contributed by atoms with Gasteiger partial charge in [0.1, 0.15) is 4.90 Å². The molecule has 0 saturated heterocycles. The summed E-state index contributed by atoms with van der Waals surface area (Å²) in [6.07, 6.45) is 0. The van der Waals surface area contributed by atoms with Crippen molar-refractivity contribution in [2.45, 2.75) is 18.7 Å². The van der Waals surface area contributed by atoms with E-state index >= 15 is 0 Å². The van der Waals surface area contributed by atoms with E-state index in [0.29, 0.717) is 16.7 Å². The molecule has 152 valence electrons. The van der Waals surface area contributed by atoms with E-state index < -0.39 is 10.0 Å². The van der Waals surface area contributed by atoms with E-state index in [1.165, 1.54) is 29.6 Å². The Morgan fingerprint density at radius 1 is 0.828 bits per heavy atom. The number of nitrogens with zero attached hydrogens (tertiary/aromatic N) is 4. The zero-order valence-electron chi connectivity index (χ0n) is 16.4. The third kappa shape index (κ3) is 4.47. The fourth-order valence-corrected chi connectivity index (χ4v) is 4.77. The monoisotopic (exact) mass is 450 g/mol. The Kier molecular flexibility index (Phi) is 6.03. The number of halogens is 2. The number of sulfonamides is 1. The average molecular weight is 451 g/mol. The van der Waals surface area contributed by atoms with Crippen molar-refractivity contribution in [3.05, 3.63) is 70.0 Å². The molecule has 6 nitrogen and oxygen atoms in total. The van der Waals surface area contributed by atoms with E-state index in [-0.39, 0.29) is 9.92 Å². The summed E-state index contributed by atoms with van der Waals surface area (Å²) in [5.74, 6) is 0.573. The summed E-state index contributed by atoms with van der Waals surface area (Å²) in [5, 5.41) is 0.449. The van der Waals surface area contributed by atoms with Crippen molar-refractivity contribution >= 4 is 50.5 Å². The maximum absolute atomic E-state index is 12.9. The fourth-order valence-electron chi connectivity index (χ4n) is 2.83. The van der Waals surface area contributed by atoms with Crippen LogP contribution in [0.3, 0.4) is 0 Å². The molecule has 0 saturated carbocycles. The molecule has 0 aliphatic carbocycles. The lowest BCUT2D eigenvalue weighted by Gasteiger charge is -2.22. The Morgan fingerprint density at radius 2 is 1.38 bits per heavy atom. The third-order valence-corrected chi connectivity index (χ3v) is 6.91. The lowest BCUT2D eigenvalue weighted by atomic mass is 10.2. The Hall–Kier alpha value is -2.35. The number of hydrogen-bond acceptors (Lipinski definition) is 5. The third-order valence-electron chi connectivity index (χ3n) is 4.40. The van der Waals surface area contributed by atoms with E-state index in [2.05, 4.69) is 9.97 Å². The minimum absolute atomic E-state index is 0.00380. The Bertz CT molecular complexity index is 1130. The van der Waals surface area contributed by atoms with Crippen LogP contribution >= 0.6 is 23.2 Å². The minimum atomic E-state index is -3.83. The van der Waals surface area contributed by atoms with E-state index in [1.807, 2.05) is 44.0 Å². The maximum atomic E-state index is 12.9.